The Balaban J connectivity index is 1.79. The third-order valence-electron chi connectivity index (χ3n) is 5.67. The van der Waals surface area contributed by atoms with E-state index < -0.39 is 36.0 Å². The first-order valence-corrected chi connectivity index (χ1v) is 10.7. The highest BCUT2D eigenvalue weighted by Gasteiger charge is 2.46. The summed E-state index contributed by atoms with van der Waals surface area (Å²) in [4.78, 5) is 16.1. The van der Waals surface area contributed by atoms with Crippen molar-refractivity contribution in [3.8, 4) is 5.75 Å². The maximum Gasteiger partial charge on any atom is 0.416 e. The van der Waals surface area contributed by atoms with Gasteiger partial charge in [0, 0.05) is 13.0 Å². The molecule has 2 aromatic rings. The molecule has 1 aliphatic rings. The van der Waals surface area contributed by atoms with Crippen LogP contribution in [0.25, 0.3) is 0 Å². The van der Waals surface area contributed by atoms with Gasteiger partial charge in [-0.05, 0) is 44.9 Å². The Morgan fingerprint density at radius 1 is 1.12 bits per heavy atom. The average Bonchev–Trinajstić information content (AvgIpc) is 3.02. The van der Waals surface area contributed by atoms with Gasteiger partial charge in [0.15, 0.2) is 0 Å². The monoisotopic (exact) mass is 465 g/mol. The minimum atomic E-state index is -4.49. The third kappa shape index (κ3) is 6.69. The fraction of sp³-hybridized carbons (Fsp3) is 0.458. The number of carbonyl (C=O) groups is 1. The second kappa shape index (κ2) is 10.5. The van der Waals surface area contributed by atoms with E-state index in [4.69, 9.17) is 4.74 Å². The van der Waals surface area contributed by atoms with Gasteiger partial charge < -0.3 is 20.1 Å². The molecule has 0 bridgehead atoms. The number of likely N-dealkylation sites (N-methyl/N-ethyl adjacent to an activating group) is 2. The van der Waals surface area contributed by atoms with Gasteiger partial charge >= 0.3 is 6.18 Å². The normalized spacial score (nSPS) is 23.2. The molecule has 1 amide bonds. The number of amides is 1. The van der Waals surface area contributed by atoms with Gasteiger partial charge in [-0.25, -0.2) is 0 Å². The van der Waals surface area contributed by atoms with Gasteiger partial charge in [-0.1, -0.05) is 36.4 Å². The summed E-state index contributed by atoms with van der Waals surface area (Å²) in [5.41, 5.74) is 0.217. The van der Waals surface area contributed by atoms with E-state index in [0.29, 0.717) is 6.54 Å². The molecule has 1 saturated carbocycles. The van der Waals surface area contributed by atoms with Gasteiger partial charge in [-0.3, -0.25) is 9.69 Å². The molecule has 9 heteroatoms. The first kappa shape index (κ1) is 25.0. The van der Waals surface area contributed by atoms with E-state index in [1.165, 1.54) is 12.1 Å². The number of alkyl halides is 3. The molecule has 0 aliphatic heterocycles. The number of rotatable bonds is 8. The van der Waals surface area contributed by atoms with Crippen molar-refractivity contribution >= 4 is 5.91 Å². The van der Waals surface area contributed by atoms with E-state index in [9.17, 15) is 23.1 Å². The van der Waals surface area contributed by atoms with E-state index >= 15 is 0 Å². The Kier molecular flexibility index (Phi) is 7.99. The first-order valence-electron chi connectivity index (χ1n) is 10.7. The van der Waals surface area contributed by atoms with Crippen molar-refractivity contribution in [1.29, 1.82) is 0 Å². The van der Waals surface area contributed by atoms with Gasteiger partial charge in [-0.2, -0.15) is 13.2 Å². The lowest BCUT2D eigenvalue weighted by atomic mass is 10.1. The fourth-order valence-electron chi connectivity index (χ4n) is 4.25. The van der Waals surface area contributed by atoms with Gasteiger partial charge in [0.2, 0.25) is 5.91 Å². The van der Waals surface area contributed by atoms with E-state index in [1.807, 2.05) is 42.3 Å². The van der Waals surface area contributed by atoms with Gasteiger partial charge in [0.25, 0.3) is 0 Å². The molecule has 1 fully saturated rings. The summed E-state index contributed by atoms with van der Waals surface area (Å²) in [6, 6.07) is 13.4. The number of ether oxygens (including phenoxy) is 1. The molecule has 0 spiro atoms. The number of nitrogens with zero attached hydrogens (tertiary/aromatic N) is 2. The van der Waals surface area contributed by atoms with Crippen LogP contribution in [0.2, 0.25) is 0 Å². The van der Waals surface area contributed by atoms with Crippen LogP contribution in [0.4, 0.5) is 13.2 Å². The van der Waals surface area contributed by atoms with Gasteiger partial charge in [0.1, 0.15) is 18.0 Å². The molecule has 0 heterocycles. The van der Waals surface area contributed by atoms with Crippen molar-refractivity contribution in [3.63, 3.8) is 0 Å². The standard InChI is InChI=1S/C24H30F3N3O3/c1-29(2)15-21(31)28-19-13-20(33-18-11-7-10-17(12-18)24(25,26)27)23(32)22(19)30(3)14-16-8-5-4-6-9-16/h4-12,19-20,22-23,32H,13-15H2,1-3H3,(H,28,31)/t19-,20-,22+,23+/m1/s1. The predicted octanol–water partition coefficient (Wildman–Crippen LogP) is 2.76. The molecule has 6 nitrogen and oxygen atoms in total. The number of aliphatic hydroxyl groups is 1. The molecule has 2 N–H and O–H groups in total. The second-order valence-electron chi connectivity index (χ2n) is 8.71. The molecule has 2 aromatic carbocycles. The maximum atomic E-state index is 13.1. The van der Waals surface area contributed by atoms with Crippen LogP contribution in [-0.2, 0) is 17.5 Å². The van der Waals surface area contributed by atoms with Crippen LogP contribution in [0.5, 0.6) is 5.75 Å². The minimum absolute atomic E-state index is 0.0265. The number of hydrogen-bond acceptors (Lipinski definition) is 5. The van der Waals surface area contributed by atoms with Gasteiger partial charge in [0.05, 0.1) is 24.2 Å². The summed E-state index contributed by atoms with van der Waals surface area (Å²) in [6.45, 7) is 0.708. The fourth-order valence-corrected chi connectivity index (χ4v) is 4.25. The maximum absolute atomic E-state index is 13.1. The molecule has 180 valence electrons. The summed E-state index contributed by atoms with van der Waals surface area (Å²) in [5.74, 6) is -0.173. The van der Waals surface area contributed by atoms with E-state index in [1.54, 1.807) is 19.0 Å². The highest BCUT2D eigenvalue weighted by atomic mass is 19.4. The number of aliphatic hydroxyl groups excluding tert-OH is 1. The van der Waals surface area contributed by atoms with Crippen molar-refractivity contribution in [1.82, 2.24) is 15.1 Å². The van der Waals surface area contributed by atoms with Crippen LogP contribution in [-0.4, -0.2) is 72.8 Å². The van der Waals surface area contributed by atoms with E-state index in [0.717, 1.165) is 17.7 Å². The number of carbonyl (C=O) groups excluding carboxylic acids is 1. The number of halogens is 3. The van der Waals surface area contributed by atoms with Crippen LogP contribution in [0.15, 0.2) is 54.6 Å². The van der Waals surface area contributed by atoms with Crippen LogP contribution in [0, 0.1) is 0 Å². The molecule has 33 heavy (non-hydrogen) atoms. The third-order valence-corrected chi connectivity index (χ3v) is 5.67. The summed E-state index contributed by atoms with van der Waals surface area (Å²) >= 11 is 0. The SMILES string of the molecule is CN(C)CC(=O)N[C@@H]1C[C@@H](Oc2cccc(C(F)(F)F)c2)[C@H](O)[C@H]1N(C)Cc1ccccc1. The largest absolute Gasteiger partial charge is 0.488 e. The Morgan fingerprint density at radius 2 is 1.82 bits per heavy atom. The van der Waals surface area contributed by atoms with Crippen molar-refractivity contribution in [2.75, 3.05) is 27.7 Å². The molecule has 0 unspecified atom stereocenters. The zero-order valence-corrected chi connectivity index (χ0v) is 18.9. The summed E-state index contributed by atoms with van der Waals surface area (Å²) < 4.78 is 45.0. The molecule has 0 saturated heterocycles. The topological polar surface area (TPSA) is 65.0 Å². The quantitative estimate of drug-likeness (QED) is 0.628. The Bertz CT molecular complexity index is 924. The first-order chi connectivity index (χ1) is 15.5. The Labute approximate surface area is 191 Å². The zero-order valence-electron chi connectivity index (χ0n) is 18.9. The molecule has 0 radical (unpaired) electrons. The molecular formula is C24H30F3N3O3. The Morgan fingerprint density at radius 3 is 2.45 bits per heavy atom. The van der Waals surface area contributed by atoms with Crippen molar-refractivity contribution in [3.05, 3.63) is 65.7 Å². The van der Waals surface area contributed by atoms with Crippen molar-refractivity contribution in [2.45, 2.75) is 43.4 Å². The molecule has 1 aliphatic carbocycles. The predicted molar refractivity (Wildman–Crippen MR) is 119 cm³/mol. The molecular weight excluding hydrogens is 435 g/mol. The van der Waals surface area contributed by atoms with Crippen molar-refractivity contribution in [2.24, 2.45) is 0 Å². The highest BCUT2D eigenvalue weighted by molar-refractivity contribution is 5.78. The number of benzene rings is 2. The second-order valence-corrected chi connectivity index (χ2v) is 8.71. The Hall–Kier alpha value is -2.62. The summed E-state index contributed by atoms with van der Waals surface area (Å²) in [6.07, 6.45) is -6.02. The number of nitrogens with one attached hydrogen (secondary N) is 1. The minimum Gasteiger partial charge on any atom is -0.488 e. The van der Waals surface area contributed by atoms with E-state index in [-0.39, 0.29) is 24.6 Å². The van der Waals surface area contributed by atoms with Crippen molar-refractivity contribution < 1.29 is 27.8 Å². The average molecular weight is 466 g/mol. The van der Waals surface area contributed by atoms with Gasteiger partial charge in [-0.15, -0.1) is 0 Å². The zero-order chi connectivity index (χ0) is 24.2. The van der Waals surface area contributed by atoms with Crippen LogP contribution < -0.4 is 10.1 Å². The summed E-state index contributed by atoms with van der Waals surface area (Å²) in [5, 5.41) is 14.1. The molecule has 4 atom stereocenters. The van der Waals surface area contributed by atoms with Crippen LogP contribution in [0.3, 0.4) is 0 Å². The smallest absolute Gasteiger partial charge is 0.416 e. The lowest BCUT2D eigenvalue weighted by Crippen LogP contribution is -2.52. The highest BCUT2D eigenvalue weighted by Crippen LogP contribution is 2.34. The van der Waals surface area contributed by atoms with E-state index in [2.05, 4.69) is 5.32 Å². The lowest BCUT2D eigenvalue weighted by molar-refractivity contribution is -0.137. The van der Waals surface area contributed by atoms with Crippen LogP contribution in [0.1, 0.15) is 17.5 Å². The summed E-state index contributed by atoms with van der Waals surface area (Å²) in [7, 11) is 5.40. The molecule has 3 rings (SSSR count). The van der Waals surface area contributed by atoms with Crippen LogP contribution >= 0.6 is 0 Å². The number of hydrogen-bond donors (Lipinski definition) is 2. The lowest BCUT2D eigenvalue weighted by Gasteiger charge is -2.32. The molecule has 0 aromatic heterocycles.